The van der Waals surface area contributed by atoms with Gasteiger partial charge in [0, 0.05) is 0 Å². The van der Waals surface area contributed by atoms with Gasteiger partial charge >= 0.3 is 0 Å². The number of hydrogen-bond acceptors (Lipinski definition) is 3. The summed E-state index contributed by atoms with van der Waals surface area (Å²) in [4.78, 5) is 0. The Hall–Kier alpha value is -1.16. The highest BCUT2D eigenvalue weighted by Crippen LogP contribution is 2.38. The maximum absolute atomic E-state index is 10.4. The second-order valence-electron chi connectivity index (χ2n) is 9.34. The average Bonchev–Trinajstić information content (AvgIpc) is 2.97. The van der Waals surface area contributed by atoms with Gasteiger partial charge in [-0.05, 0) is 74.7 Å². The van der Waals surface area contributed by atoms with Crippen LogP contribution < -0.4 is 0 Å². The third-order valence-corrected chi connectivity index (χ3v) is 6.44. The molecule has 1 aliphatic carbocycles. The maximum Gasteiger partial charge on any atom is 0.0599 e. The van der Waals surface area contributed by atoms with Crippen LogP contribution in [0.2, 0.25) is 0 Å². The average molecular weight is 403 g/mol. The number of aliphatic hydroxyl groups is 3. The molecule has 0 spiro atoms. The Morgan fingerprint density at radius 2 is 1.66 bits per heavy atom. The minimum absolute atomic E-state index is 0.0852. The van der Waals surface area contributed by atoms with Gasteiger partial charge in [0.05, 0.1) is 18.3 Å². The van der Waals surface area contributed by atoms with Crippen LogP contribution in [0.3, 0.4) is 0 Å². The Morgan fingerprint density at radius 3 is 2.38 bits per heavy atom. The van der Waals surface area contributed by atoms with Crippen LogP contribution in [-0.4, -0.2) is 33.6 Å². The van der Waals surface area contributed by atoms with Crippen molar-refractivity contribution in [2.75, 3.05) is 0 Å². The molecule has 0 radical (unpaired) electrons. The van der Waals surface area contributed by atoms with E-state index < -0.39 is 12.2 Å². The zero-order valence-electron chi connectivity index (χ0n) is 18.4. The first-order valence-corrected chi connectivity index (χ1v) is 11.7. The number of aliphatic hydroxyl groups excluding tert-OH is 3. The lowest BCUT2D eigenvalue weighted by Gasteiger charge is -2.23. The highest BCUT2D eigenvalue weighted by molar-refractivity contribution is 5.14. The molecule has 3 heteroatoms. The molecule has 3 N–H and O–H groups in total. The smallest absolute Gasteiger partial charge is 0.0599 e. The maximum atomic E-state index is 10.4. The Bertz CT molecular complexity index is 569. The molecule has 0 saturated heterocycles. The highest BCUT2D eigenvalue weighted by atomic mass is 16.3. The predicted octanol–water partition coefficient (Wildman–Crippen LogP) is 5.28. The second kappa shape index (κ2) is 13.2. The molecule has 0 aliphatic heterocycles. The van der Waals surface area contributed by atoms with E-state index in [1.165, 1.54) is 24.8 Å². The molecular formula is C26H42O3. The number of allylic oxidation sites excluding steroid dienone is 2. The molecule has 0 bridgehead atoms. The lowest BCUT2D eigenvalue weighted by Crippen LogP contribution is -2.23. The Balaban J connectivity index is 1.71. The zero-order chi connectivity index (χ0) is 21.1. The molecule has 1 aliphatic rings. The van der Waals surface area contributed by atoms with Gasteiger partial charge in [-0.25, -0.2) is 0 Å². The molecule has 5 atom stereocenters. The Morgan fingerprint density at radius 1 is 0.931 bits per heavy atom. The van der Waals surface area contributed by atoms with Gasteiger partial charge in [0.15, 0.2) is 0 Å². The number of benzene rings is 1. The summed E-state index contributed by atoms with van der Waals surface area (Å²) in [5, 5.41) is 31.2. The molecule has 0 amide bonds. The van der Waals surface area contributed by atoms with Crippen LogP contribution in [0.5, 0.6) is 0 Å². The van der Waals surface area contributed by atoms with Crippen LogP contribution in [0.15, 0.2) is 42.5 Å². The lowest BCUT2D eigenvalue weighted by atomic mass is 9.85. The molecule has 3 nitrogen and oxygen atoms in total. The number of aryl methyl sites for hydroxylation is 1. The van der Waals surface area contributed by atoms with E-state index in [4.69, 9.17) is 0 Å². The van der Waals surface area contributed by atoms with Crippen molar-refractivity contribution in [3.8, 4) is 0 Å². The minimum Gasteiger partial charge on any atom is -0.393 e. The van der Waals surface area contributed by atoms with Gasteiger partial charge in [-0.3, -0.25) is 0 Å². The summed E-state index contributed by atoms with van der Waals surface area (Å²) < 4.78 is 0. The molecule has 1 aromatic rings. The van der Waals surface area contributed by atoms with E-state index >= 15 is 0 Å². The van der Waals surface area contributed by atoms with Crippen LogP contribution in [0.25, 0.3) is 0 Å². The summed E-state index contributed by atoms with van der Waals surface area (Å²) in [5.74, 6) is 0.970. The Labute approximate surface area is 177 Å². The van der Waals surface area contributed by atoms with Gasteiger partial charge in [0.2, 0.25) is 0 Å². The van der Waals surface area contributed by atoms with Crippen molar-refractivity contribution < 1.29 is 15.3 Å². The Kier molecular flexibility index (Phi) is 11.0. The third kappa shape index (κ3) is 9.02. The lowest BCUT2D eigenvalue weighted by molar-refractivity contribution is 0.0857. The number of unbranched alkanes of at least 4 members (excludes halogenated alkanes) is 2. The zero-order valence-corrected chi connectivity index (χ0v) is 18.4. The highest BCUT2D eigenvalue weighted by Gasteiger charge is 2.40. The summed E-state index contributed by atoms with van der Waals surface area (Å²) in [6.45, 7) is 4.53. The van der Waals surface area contributed by atoms with Crippen molar-refractivity contribution in [2.45, 2.75) is 96.4 Å². The monoisotopic (exact) mass is 402 g/mol. The minimum atomic E-state index is -0.448. The topological polar surface area (TPSA) is 60.7 Å². The van der Waals surface area contributed by atoms with Crippen LogP contribution in [0, 0.1) is 17.8 Å². The van der Waals surface area contributed by atoms with Gasteiger partial charge in [-0.1, -0.05) is 69.2 Å². The molecule has 5 unspecified atom stereocenters. The number of rotatable bonds is 13. The largest absolute Gasteiger partial charge is 0.393 e. The molecular weight excluding hydrogens is 360 g/mol. The van der Waals surface area contributed by atoms with E-state index in [1.807, 2.05) is 18.2 Å². The third-order valence-electron chi connectivity index (χ3n) is 6.44. The van der Waals surface area contributed by atoms with E-state index in [-0.39, 0.29) is 17.9 Å². The fourth-order valence-corrected chi connectivity index (χ4v) is 4.60. The van der Waals surface area contributed by atoms with Crippen LogP contribution in [0.1, 0.15) is 77.2 Å². The van der Waals surface area contributed by atoms with Crippen LogP contribution in [0.4, 0.5) is 0 Å². The van der Waals surface area contributed by atoms with Crippen molar-refractivity contribution in [1.82, 2.24) is 0 Å². The quantitative estimate of drug-likeness (QED) is 0.311. The van der Waals surface area contributed by atoms with Crippen LogP contribution >= 0.6 is 0 Å². The first-order valence-electron chi connectivity index (χ1n) is 11.7. The van der Waals surface area contributed by atoms with E-state index in [0.717, 1.165) is 38.0 Å². The summed E-state index contributed by atoms with van der Waals surface area (Å²) in [6.07, 6.45) is 12.5. The van der Waals surface area contributed by atoms with Gasteiger partial charge in [-0.15, -0.1) is 0 Å². The summed E-state index contributed by atoms with van der Waals surface area (Å²) in [7, 11) is 0. The normalized spacial score (nSPS) is 25.9. The van der Waals surface area contributed by atoms with Gasteiger partial charge in [-0.2, -0.15) is 0 Å². The van der Waals surface area contributed by atoms with Crippen molar-refractivity contribution in [3.63, 3.8) is 0 Å². The van der Waals surface area contributed by atoms with E-state index in [9.17, 15) is 15.3 Å². The molecule has 164 valence electrons. The molecule has 2 rings (SSSR count). The first kappa shape index (κ1) is 24.1. The standard InChI is InChI=1S/C26H42O3/c1-20(2)11-7-4-3-5-10-14-23-24(26(29)19-25(23)28)18-17-22(27)16-15-21-12-8-6-9-13-21/h5-6,8-10,12-13,20,22-29H,3-4,7,11,14-19H2,1-2H3. The second-order valence-corrected chi connectivity index (χ2v) is 9.34. The number of hydrogen-bond donors (Lipinski definition) is 3. The first-order chi connectivity index (χ1) is 14.0. The van der Waals surface area contributed by atoms with Gasteiger partial charge < -0.3 is 15.3 Å². The fraction of sp³-hybridized carbons (Fsp3) is 0.692. The van der Waals surface area contributed by atoms with Gasteiger partial charge in [0.25, 0.3) is 0 Å². The van der Waals surface area contributed by atoms with Crippen molar-refractivity contribution >= 4 is 0 Å². The van der Waals surface area contributed by atoms with Gasteiger partial charge in [0.1, 0.15) is 0 Å². The molecule has 29 heavy (non-hydrogen) atoms. The SMILES string of the molecule is CC(C)CCCCC=CCC1C(O)CC(O)C1CCC(O)CCc1ccccc1. The predicted molar refractivity (Wildman–Crippen MR) is 121 cm³/mol. The summed E-state index contributed by atoms with van der Waals surface area (Å²) in [6, 6.07) is 10.2. The van der Waals surface area contributed by atoms with Crippen molar-refractivity contribution in [1.29, 1.82) is 0 Å². The molecule has 1 aromatic carbocycles. The van der Waals surface area contributed by atoms with E-state index in [1.54, 1.807) is 0 Å². The van der Waals surface area contributed by atoms with E-state index in [0.29, 0.717) is 12.8 Å². The molecule has 0 heterocycles. The van der Waals surface area contributed by atoms with Crippen molar-refractivity contribution in [3.05, 3.63) is 48.0 Å². The van der Waals surface area contributed by atoms with Crippen LogP contribution in [-0.2, 0) is 6.42 Å². The molecule has 1 fully saturated rings. The summed E-state index contributed by atoms with van der Waals surface area (Å²) in [5.41, 5.74) is 1.25. The van der Waals surface area contributed by atoms with E-state index in [2.05, 4.69) is 38.1 Å². The summed E-state index contributed by atoms with van der Waals surface area (Å²) >= 11 is 0. The fourth-order valence-electron chi connectivity index (χ4n) is 4.60. The van der Waals surface area contributed by atoms with Crippen molar-refractivity contribution in [2.24, 2.45) is 17.8 Å². The molecule has 0 aromatic heterocycles. The molecule has 1 saturated carbocycles.